The van der Waals surface area contributed by atoms with Crippen LogP contribution < -0.4 is 10.6 Å². The highest BCUT2D eigenvalue weighted by Gasteiger charge is 2.21. The second-order valence-corrected chi connectivity index (χ2v) is 7.30. The molecule has 0 fully saturated rings. The van der Waals surface area contributed by atoms with Gasteiger partial charge in [-0.05, 0) is 49.2 Å². The van der Waals surface area contributed by atoms with Crippen molar-refractivity contribution in [2.75, 3.05) is 11.9 Å². The molecule has 0 aliphatic carbocycles. The number of pyridine rings is 1. The summed E-state index contributed by atoms with van der Waals surface area (Å²) in [4.78, 5) is 21.1. The van der Waals surface area contributed by atoms with E-state index in [0.29, 0.717) is 17.4 Å². The van der Waals surface area contributed by atoms with Crippen molar-refractivity contribution in [2.24, 2.45) is 5.92 Å². The maximum absolute atomic E-state index is 11.9. The Morgan fingerprint density at radius 1 is 1.32 bits per heavy atom. The molecule has 3 aromatic rings. The van der Waals surface area contributed by atoms with Gasteiger partial charge in [0, 0.05) is 41.2 Å². The highest BCUT2D eigenvalue weighted by Crippen LogP contribution is 2.30. The number of fused-ring (bicyclic) bond motifs is 1. The van der Waals surface area contributed by atoms with Crippen LogP contribution in [0.25, 0.3) is 22.8 Å². The van der Waals surface area contributed by atoms with Crippen LogP contribution in [0.3, 0.4) is 0 Å². The molecule has 0 spiro atoms. The molecule has 7 heteroatoms. The van der Waals surface area contributed by atoms with E-state index in [0.717, 1.165) is 36.3 Å². The molecule has 0 atom stereocenters. The van der Waals surface area contributed by atoms with Gasteiger partial charge in [-0.15, -0.1) is 0 Å². The maximum Gasteiger partial charge on any atom is 0.258 e. The molecule has 0 radical (unpaired) electrons. The Morgan fingerprint density at radius 3 is 3.00 bits per heavy atom. The SMILES string of the molecule is Cc1ncc2c(c1-c1noc(-c3cccc(NC(=O)C(C)C)c3)n1)CCNC2. The predicted octanol–water partition coefficient (Wildman–Crippen LogP) is 3.35. The number of nitrogens with zero attached hydrogens (tertiary/aromatic N) is 3. The molecule has 3 heterocycles. The molecule has 28 heavy (non-hydrogen) atoms. The third kappa shape index (κ3) is 3.53. The fourth-order valence-corrected chi connectivity index (χ4v) is 3.33. The molecule has 4 rings (SSSR count). The van der Waals surface area contributed by atoms with Crippen molar-refractivity contribution in [3.05, 3.63) is 47.3 Å². The Hall–Kier alpha value is -3.06. The van der Waals surface area contributed by atoms with Crippen LogP contribution >= 0.6 is 0 Å². The summed E-state index contributed by atoms with van der Waals surface area (Å²) in [6.07, 6.45) is 2.83. The van der Waals surface area contributed by atoms with E-state index in [1.54, 1.807) is 0 Å². The number of hydrogen-bond acceptors (Lipinski definition) is 6. The molecule has 1 aliphatic rings. The number of aryl methyl sites for hydroxylation is 1. The lowest BCUT2D eigenvalue weighted by Crippen LogP contribution is -2.24. The van der Waals surface area contributed by atoms with E-state index in [-0.39, 0.29) is 11.8 Å². The maximum atomic E-state index is 11.9. The zero-order valence-electron chi connectivity index (χ0n) is 16.2. The Balaban J connectivity index is 1.67. The number of rotatable bonds is 4. The normalized spacial score (nSPS) is 13.4. The van der Waals surface area contributed by atoms with E-state index < -0.39 is 0 Å². The summed E-state index contributed by atoms with van der Waals surface area (Å²) >= 11 is 0. The van der Waals surface area contributed by atoms with E-state index >= 15 is 0 Å². The lowest BCUT2D eigenvalue weighted by Gasteiger charge is -2.19. The summed E-state index contributed by atoms with van der Waals surface area (Å²) in [5, 5.41) is 10.5. The minimum atomic E-state index is -0.0899. The summed E-state index contributed by atoms with van der Waals surface area (Å²) in [5.41, 5.74) is 5.73. The van der Waals surface area contributed by atoms with Gasteiger partial charge >= 0.3 is 0 Å². The number of carbonyl (C=O) groups is 1. The lowest BCUT2D eigenvalue weighted by atomic mass is 9.95. The van der Waals surface area contributed by atoms with Crippen molar-refractivity contribution in [3.63, 3.8) is 0 Å². The zero-order valence-corrected chi connectivity index (χ0v) is 16.2. The van der Waals surface area contributed by atoms with E-state index in [9.17, 15) is 4.79 Å². The first-order valence-corrected chi connectivity index (χ1v) is 9.46. The second kappa shape index (κ2) is 7.52. The molecule has 0 unspecified atom stereocenters. The Labute approximate surface area is 163 Å². The van der Waals surface area contributed by atoms with Crippen LogP contribution in [0.5, 0.6) is 0 Å². The van der Waals surface area contributed by atoms with Gasteiger partial charge in [-0.3, -0.25) is 9.78 Å². The quantitative estimate of drug-likeness (QED) is 0.724. The highest BCUT2D eigenvalue weighted by molar-refractivity contribution is 5.92. The molecule has 0 saturated heterocycles. The van der Waals surface area contributed by atoms with Crippen LogP contribution in [0.2, 0.25) is 0 Å². The summed E-state index contributed by atoms with van der Waals surface area (Å²) in [6.45, 7) is 7.41. The minimum absolute atomic E-state index is 0.0328. The van der Waals surface area contributed by atoms with E-state index in [4.69, 9.17) is 4.52 Å². The van der Waals surface area contributed by atoms with Crippen molar-refractivity contribution >= 4 is 11.6 Å². The number of anilines is 1. The number of aromatic nitrogens is 3. The van der Waals surface area contributed by atoms with Crippen LogP contribution in [-0.2, 0) is 17.8 Å². The molecule has 0 saturated carbocycles. The number of amides is 1. The zero-order chi connectivity index (χ0) is 19.7. The van der Waals surface area contributed by atoms with E-state index in [2.05, 4.69) is 25.8 Å². The van der Waals surface area contributed by atoms with Crippen LogP contribution in [0.15, 0.2) is 35.0 Å². The van der Waals surface area contributed by atoms with Crippen molar-refractivity contribution in [3.8, 4) is 22.8 Å². The first-order chi connectivity index (χ1) is 13.5. The molecular formula is C21H23N5O2. The van der Waals surface area contributed by atoms with Crippen molar-refractivity contribution in [1.29, 1.82) is 0 Å². The molecule has 0 bridgehead atoms. The van der Waals surface area contributed by atoms with Gasteiger partial charge in [0.2, 0.25) is 11.7 Å². The van der Waals surface area contributed by atoms with Crippen LogP contribution in [-0.4, -0.2) is 27.6 Å². The van der Waals surface area contributed by atoms with Crippen LogP contribution in [0, 0.1) is 12.8 Å². The average molecular weight is 377 g/mol. The third-order valence-corrected chi connectivity index (χ3v) is 4.88. The number of carbonyl (C=O) groups excluding carboxylic acids is 1. The molecular weight excluding hydrogens is 354 g/mol. The van der Waals surface area contributed by atoms with Crippen LogP contribution in [0.4, 0.5) is 5.69 Å². The lowest BCUT2D eigenvalue weighted by molar-refractivity contribution is -0.118. The van der Waals surface area contributed by atoms with Gasteiger partial charge in [0.15, 0.2) is 0 Å². The van der Waals surface area contributed by atoms with Gasteiger partial charge in [0.05, 0.1) is 0 Å². The molecule has 1 aromatic carbocycles. The van der Waals surface area contributed by atoms with E-state index in [1.807, 2.05) is 51.2 Å². The predicted molar refractivity (Wildman–Crippen MR) is 107 cm³/mol. The topological polar surface area (TPSA) is 92.9 Å². The van der Waals surface area contributed by atoms with Gasteiger partial charge in [0.1, 0.15) is 0 Å². The monoisotopic (exact) mass is 377 g/mol. The number of nitrogens with one attached hydrogen (secondary N) is 2. The summed E-state index contributed by atoms with van der Waals surface area (Å²) in [6, 6.07) is 7.43. The summed E-state index contributed by atoms with van der Waals surface area (Å²) in [7, 11) is 0. The molecule has 1 amide bonds. The van der Waals surface area contributed by atoms with Crippen LogP contribution in [0.1, 0.15) is 30.7 Å². The number of benzene rings is 1. The second-order valence-electron chi connectivity index (χ2n) is 7.30. The molecule has 2 aromatic heterocycles. The van der Waals surface area contributed by atoms with Crippen molar-refractivity contribution < 1.29 is 9.32 Å². The first kappa shape index (κ1) is 18.3. The Kier molecular flexibility index (Phi) is 4.92. The molecule has 2 N–H and O–H groups in total. The Morgan fingerprint density at radius 2 is 2.18 bits per heavy atom. The number of hydrogen-bond donors (Lipinski definition) is 2. The molecule has 7 nitrogen and oxygen atoms in total. The summed E-state index contributed by atoms with van der Waals surface area (Å²) in [5.74, 6) is 0.847. The third-order valence-electron chi connectivity index (χ3n) is 4.88. The molecule has 1 aliphatic heterocycles. The summed E-state index contributed by atoms with van der Waals surface area (Å²) < 4.78 is 5.54. The molecule has 144 valence electrons. The average Bonchev–Trinajstić information content (AvgIpc) is 3.17. The fraction of sp³-hybridized carbons (Fsp3) is 0.333. The van der Waals surface area contributed by atoms with Gasteiger partial charge in [-0.1, -0.05) is 25.1 Å². The van der Waals surface area contributed by atoms with E-state index in [1.165, 1.54) is 11.1 Å². The largest absolute Gasteiger partial charge is 0.334 e. The van der Waals surface area contributed by atoms with Gasteiger partial charge in [-0.2, -0.15) is 4.98 Å². The first-order valence-electron chi connectivity index (χ1n) is 9.46. The van der Waals surface area contributed by atoms with Crippen molar-refractivity contribution in [1.82, 2.24) is 20.4 Å². The van der Waals surface area contributed by atoms with Gasteiger partial charge < -0.3 is 15.2 Å². The highest BCUT2D eigenvalue weighted by atomic mass is 16.5. The van der Waals surface area contributed by atoms with Gasteiger partial charge in [0.25, 0.3) is 5.89 Å². The smallest absolute Gasteiger partial charge is 0.258 e. The Bertz CT molecular complexity index is 1030. The standard InChI is InChI=1S/C21H23N5O2/c1-12(2)20(27)24-16-6-4-5-14(9-16)21-25-19(26-28-21)18-13(3)23-11-15-10-22-8-7-17(15)18/h4-6,9,11-12,22H,7-8,10H2,1-3H3,(H,24,27). The fourth-order valence-electron chi connectivity index (χ4n) is 3.33. The minimum Gasteiger partial charge on any atom is -0.334 e. The van der Waals surface area contributed by atoms with Gasteiger partial charge in [-0.25, -0.2) is 0 Å². The van der Waals surface area contributed by atoms with Crippen molar-refractivity contribution in [2.45, 2.75) is 33.7 Å².